The SMILES string of the molecule is Cc1nsc(Nc2ccc(Cl)c3cccnc23)c1C#N. The maximum Gasteiger partial charge on any atom is 0.132 e. The van der Waals surface area contributed by atoms with Crippen LogP contribution in [-0.2, 0) is 0 Å². The molecule has 0 bridgehead atoms. The average Bonchev–Trinajstić information content (AvgIpc) is 2.82. The van der Waals surface area contributed by atoms with Gasteiger partial charge in [-0.25, -0.2) is 0 Å². The van der Waals surface area contributed by atoms with Crippen LogP contribution in [-0.4, -0.2) is 9.36 Å². The first kappa shape index (κ1) is 12.9. The van der Waals surface area contributed by atoms with Crippen molar-refractivity contribution in [3.8, 4) is 6.07 Å². The van der Waals surface area contributed by atoms with Crippen molar-refractivity contribution in [3.63, 3.8) is 0 Å². The summed E-state index contributed by atoms with van der Waals surface area (Å²) in [4.78, 5) is 4.35. The van der Waals surface area contributed by atoms with Crippen LogP contribution in [0, 0.1) is 18.3 Å². The van der Waals surface area contributed by atoms with E-state index in [1.54, 1.807) is 6.20 Å². The number of benzene rings is 1. The average molecular weight is 301 g/mol. The Morgan fingerprint density at radius 1 is 1.35 bits per heavy atom. The van der Waals surface area contributed by atoms with Crippen LogP contribution in [0.2, 0.25) is 5.02 Å². The van der Waals surface area contributed by atoms with Crippen molar-refractivity contribution in [2.45, 2.75) is 6.92 Å². The predicted molar refractivity (Wildman–Crippen MR) is 81.6 cm³/mol. The topological polar surface area (TPSA) is 61.6 Å². The molecular weight excluding hydrogens is 292 g/mol. The van der Waals surface area contributed by atoms with E-state index in [-0.39, 0.29) is 0 Å². The molecule has 0 aliphatic heterocycles. The van der Waals surface area contributed by atoms with E-state index in [1.807, 2.05) is 31.2 Å². The van der Waals surface area contributed by atoms with Crippen LogP contribution in [0.4, 0.5) is 10.7 Å². The molecule has 0 spiro atoms. The maximum absolute atomic E-state index is 9.16. The predicted octanol–water partition coefficient (Wildman–Crippen LogP) is 4.27. The molecule has 0 amide bonds. The van der Waals surface area contributed by atoms with E-state index in [0.717, 1.165) is 27.3 Å². The number of halogens is 1. The van der Waals surface area contributed by atoms with Crippen molar-refractivity contribution >= 4 is 44.7 Å². The minimum atomic E-state index is 0.564. The number of hydrogen-bond donors (Lipinski definition) is 1. The number of hydrogen-bond acceptors (Lipinski definition) is 5. The summed E-state index contributed by atoms with van der Waals surface area (Å²) in [7, 11) is 0. The fourth-order valence-electron chi connectivity index (χ4n) is 1.95. The van der Waals surface area contributed by atoms with Gasteiger partial charge in [0.05, 0.1) is 21.9 Å². The Labute approximate surface area is 124 Å². The Balaban J connectivity index is 2.12. The maximum atomic E-state index is 9.16. The van der Waals surface area contributed by atoms with Gasteiger partial charge in [0.1, 0.15) is 16.6 Å². The molecule has 0 atom stereocenters. The molecule has 20 heavy (non-hydrogen) atoms. The molecule has 0 aliphatic carbocycles. The molecule has 0 saturated carbocycles. The van der Waals surface area contributed by atoms with Crippen molar-refractivity contribution in [2.24, 2.45) is 0 Å². The first-order chi connectivity index (χ1) is 9.70. The van der Waals surface area contributed by atoms with Crippen LogP contribution in [0.3, 0.4) is 0 Å². The molecule has 0 radical (unpaired) electrons. The summed E-state index contributed by atoms with van der Waals surface area (Å²) in [5.74, 6) is 0. The lowest BCUT2D eigenvalue weighted by molar-refractivity contribution is 1.31. The normalized spacial score (nSPS) is 10.4. The lowest BCUT2D eigenvalue weighted by Crippen LogP contribution is -1.93. The highest BCUT2D eigenvalue weighted by Crippen LogP contribution is 2.33. The number of nitrogens with zero attached hydrogens (tertiary/aromatic N) is 3. The highest BCUT2D eigenvalue weighted by molar-refractivity contribution is 7.10. The number of nitriles is 1. The highest BCUT2D eigenvalue weighted by Gasteiger charge is 2.12. The van der Waals surface area contributed by atoms with E-state index < -0.39 is 0 Å². The van der Waals surface area contributed by atoms with Gasteiger partial charge in [0, 0.05) is 11.6 Å². The van der Waals surface area contributed by atoms with Crippen LogP contribution >= 0.6 is 23.1 Å². The second-order valence-electron chi connectivity index (χ2n) is 4.20. The molecule has 98 valence electrons. The number of aryl methyl sites for hydroxylation is 1. The Morgan fingerprint density at radius 3 is 3.00 bits per heavy atom. The summed E-state index contributed by atoms with van der Waals surface area (Å²) in [6, 6.07) is 9.59. The van der Waals surface area contributed by atoms with Gasteiger partial charge < -0.3 is 5.32 Å². The summed E-state index contributed by atoms with van der Waals surface area (Å²) < 4.78 is 4.19. The van der Waals surface area contributed by atoms with Crippen molar-refractivity contribution < 1.29 is 0 Å². The Morgan fingerprint density at radius 2 is 2.20 bits per heavy atom. The number of fused-ring (bicyclic) bond motifs is 1. The van der Waals surface area contributed by atoms with E-state index >= 15 is 0 Å². The van der Waals surface area contributed by atoms with Crippen molar-refractivity contribution in [1.82, 2.24) is 9.36 Å². The largest absolute Gasteiger partial charge is 0.343 e. The summed E-state index contributed by atoms with van der Waals surface area (Å²) in [6.45, 7) is 1.82. The fraction of sp³-hybridized carbons (Fsp3) is 0.0714. The van der Waals surface area contributed by atoms with Gasteiger partial charge in [-0.1, -0.05) is 11.6 Å². The standard InChI is InChI=1S/C14H9ClN4S/c1-8-10(7-16)14(20-19-8)18-12-5-4-11(15)9-3-2-6-17-13(9)12/h2-6,18H,1H3. The van der Waals surface area contributed by atoms with E-state index in [0.29, 0.717) is 10.6 Å². The Kier molecular flexibility index (Phi) is 3.26. The van der Waals surface area contributed by atoms with Crippen molar-refractivity contribution in [2.75, 3.05) is 5.32 Å². The van der Waals surface area contributed by atoms with Crippen molar-refractivity contribution in [1.29, 1.82) is 5.26 Å². The zero-order valence-corrected chi connectivity index (χ0v) is 12.1. The zero-order chi connectivity index (χ0) is 14.1. The van der Waals surface area contributed by atoms with Crippen LogP contribution < -0.4 is 5.32 Å². The van der Waals surface area contributed by atoms with Gasteiger partial charge in [-0.05, 0) is 42.7 Å². The lowest BCUT2D eigenvalue weighted by atomic mass is 10.2. The lowest BCUT2D eigenvalue weighted by Gasteiger charge is -2.08. The van der Waals surface area contributed by atoms with Gasteiger partial charge in [-0.15, -0.1) is 0 Å². The van der Waals surface area contributed by atoms with Gasteiger partial charge in [0.15, 0.2) is 0 Å². The quantitative estimate of drug-likeness (QED) is 0.768. The minimum Gasteiger partial charge on any atom is -0.343 e. The van der Waals surface area contributed by atoms with E-state index in [1.165, 1.54) is 11.5 Å². The molecule has 3 rings (SSSR count). The number of aromatic nitrogens is 2. The van der Waals surface area contributed by atoms with Gasteiger partial charge in [-0.2, -0.15) is 9.64 Å². The summed E-state index contributed by atoms with van der Waals surface area (Å²) in [5.41, 5.74) is 2.88. The molecule has 2 heterocycles. The third-order valence-corrected chi connectivity index (χ3v) is 4.12. The molecule has 2 aromatic heterocycles. The Bertz CT molecular complexity index is 835. The van der Waals surface area contributed by atoms with E-state index in [2.05, 4.69) is 20.7 Å². The summed E-state index contributed by atoms with van der Waals surface area (Å²) in [6.07, 6.45) is 1.72. The molecule has 4 nitrogen and oxygen atoms in total. The molecule has 0 saturated heterocycles. The van der Waals surface area contributed by atoms with E-state index in [9.17, 15) is 0 Å². The fourth-order valence-corrected chi connectivity index (χ4v) is 2.92. The summed E-state index contributed by atoms with van der Waals surface area (Å²) >= 11 is 7.43. The number of rotatable bonds is 2. The van der Waals surface area contributed by atoms with Crippen LogP contribution in [0.15, 0.2) is 30.5 Å². The van der Waals surface area contributed by atoms with E-state index in [4.69, 9.17) is 16.9 Å². The van der Waals surface area contributed by atoms with Crippen LogP contribution in [0.1, 0.15) is 11.3 Å². The van der Waals surface area contributed by atoms with Gasteiger partial charge in [-0.3, -0.25) is 4.98 Å². The number of nitrogens with one attached hydrogen (secondary N) is 1. The molecule has 0 unspecified atom stereocenters. The molecule has 1 N–H and O–H groups in total. The summed E-state index contributed by atoms with van der Waals surface area (Å²) in [5, 5.41) is 14.6. The van der Waals surface area contributed by atoms with Crippen LogP contribution in [0.25, 0.3) is 10.9 Å². The zero-order valence-electron chi connectivity index (χ0n) is 10.5. The second kappa shape index (κ2) is 5.08. The van der Waals surface area contributed by atoms with Crippen LogP contribution in [0.5, 0.6) is 0 Å². The molecule has 0 aliphatic rings. The molecular formula is C14H9ClN4S. The first-order valence-corrected chi connectivity index (χ1v) is 7.02. The molecule has 3 aromatic rings. The number of anilines is 2. The van der Waals surface area contributed by atoms with Gasteiger partial charge >= 0.3 is 0 Å². The molecule has 6 heteroatoms. The van der Waals surface area contributed by atoms with Gasteiger partial charge in [0.2, 0.25) is 0 Å². The second-order valence-corrected chi connectivity index (χ2v) is 5.38. The number of pyridine rings is 1. The highest BCUT2D eigenvalue weighted by atomic mass is 35.5. The van der Waals surface area contributed by atoms with Crippen molar-refractivity contribution in [3.05, 3.63) is 46.7 Å². The molecule has 0 fully saturated rings. The Hall–Kier alpha value is -2.16. The monoisotopic (exact) mass is 300 g/mol. The third kappa shape index (κ3) is 2.09. The third-order valence-electron chi connectivity index (χ3n) is 2.94. The van der Waals surface area contributed by atoms with Gasteiger partial charge in [0.25, 0.3) is 0 Å². The molecule has 1 aromatic carbocycles. The smallest absolute Gasteiger partial charge is 0.132 e. The first-order valence-electron chi connectivity index (χ1n) is 5.87. The minimum absolute atomic E-state index is 0.564.